The first-order chi connectivity index (χ1) is 20.8. The SMILES string of the molecule is CC(C)CC(OC(=O)C1CC2(C3C4CC5CC3CC(CC(=O)OC(C(C)C)C(F)(F)C(=O)O)(C5)C4)CCC1C2)C(F)(F)C(=O)O. The lowest BCUT2D eigenvalue weighted by Gasteiger charge is -2.63. The van der Waals surface area contributed by atoms with Gasteiger partial charge in [0.1, 0.15) is 0 Å². The number of aliphatic carboxylic acids is 2. The summed E-state index contributed by atoms with van der Waals surface area (Å²) in [5, 5.41) is 18.1. The maximum Gasteiger partial charge on any atom is 0.378 e. The number of esters is 2. The topological polar surface area (TPSA) is 127 Å². The lowest BCUT2D eigenvalue weighted by Crippen LogP contribution is -2.56. The fourth-order valence-electron chi connectivity index (χ4n) is 10.8. The second kappa shape index (κ2) is 11.7. The first kappa shape index (κ1) is 33.9. The molecule has 6 aliphatic rings. The van der Waals surface area contributed by atoms with Crippen molar-refractivity contribution in [1.29, 1.82) is 0 Å². The number of carbonyl (C=O) groups excluding carboxylic acids is 2. The highest BCUT2D eigenvalue weighted by Crippen LogP contribution is 2.72. The van der Waals surface area contributed by atoms with Gasteiger partial charge < -0.3 is 19.7 Å². The van der Waals surface area contributed by atoms with Crippen LogP contribution >= 0.6 is 0 Å². The minimum Gasteiger partial charge on any atom is -0.477 e. The number of alkyl halides is 4. The predicted molar refractivity (Wildman–Crippen MR) is 151 cm³/mol. The second-order valence-corrected chi connectivity index (χ2v) is 15.9. The highest BCUT2D eigenvalue weighted by molar-refractivity contribution is 5.79. The molecule has 7 unspecified atom stereocenters. The van der Waals surface area contributed by atoms with Crippen LogP contribution in [0.1, 0.15) is 98.3 Å². The summed E-state index contributed by atoms with van der Waals surface area (Å²) in [7, 11) is 0. The lowest BCUT2D eigenvalue weighted by atomic mass is 9.41. The Labute approximate surface area is 261 Å². The lowest BCUT2D eigenvalue weighted by molar-refractivity contribution is -0.204. The normalized spacial score (nSPS) is 36.8. The van der Waals surface area contributed by atoms with Crippen molar-refractivity contribution < 1.29 is 56.4 Å². The van der Waals surface area contributed by atoms with E-state index in [0.29, 0.717) is 12.3 Å². The molecular weight excluding hydrogens is 600 g/mol. The molecule has 0 aromatic heterocycles. The van der Waals surface area contributed by atoms with Crippen LogP contribution in [0.5, 0.6) is 0 Å². The van der Waals surface area contributed by atoms with Crippen LogP contribution in [0.3, 0.4) is 0 Å². The molecule has 0 aliphatic heterocycles. The van der Waals surface area contributed by atoms with E-state index in [-0.39, 0.29) is 47.8 Å². The van der Waals surface area contributed by atoms with Gasteiger partial charge >= 0.3 is 35.7 Å². The Morgan fingerprint density at radius 3 is 1.96 bits per heavy atom. The fraction of sp³-hybridized carbons (Fsp3) is 0.879. The van der Waals surface area contributed by atoms with E-state index in [1.165, 1.54) is 13.8 Å². The van der Waals surface area contributed by atoms with Crippen LogP contribution in [0.25, 0.3) is 0 Å². The summed E-state index contributed by atoms with van der Waals surface area (Å²) in [5.74, 6) is -15.1. The second-order valence-electron chi connectivity index (χ2n) is 15.9. The number of ether oxygens (including phenoxy) is 2. The summed E-state index contributed by atoms with van der Waals surface area (Å²) < 4.78 is 68.3. The van der Waals surface area contributed by atoms with Gasteiger partial charge in [0, 0.05) is 0 Å². The standard InChI is InChI=1S/C33H46F4O8/c1-16(2)7-23(32(34,35)28(40)41)44-27(39)22-14-31(6-5-19(22)13-31)25-20-8-18-9-21(25)12-30(10-18,11-20)15-24(38)45-26(17(3)4)33(36,37)29(42)43/h16-23,25-26H,5-15H2,1-4H3,(H,40,41)(H,42,43). The molecule has 6 aliphatic carbocycles. The Hall–Kier alpha value is -2.40. The third-order valence-corrected chi connectivity index (χ3v) is 11.9. The molecule has 12 heteroatoms. The van der Waals surface area contributed by atoms with Crippen molar-refractivity contribution in [1.82, 2.24) is 0 Å². The van der Waals surface area contributed by atoms with Gasteiger partial charge in [-0.15, -0.1) is 0 Å². The van der Waals surface area contributed by atoms with Crippen LogP contribution < -0.4 is 0 Å². The van der Waals surface area contributed by atoms with Crippen molar-refractivity contribution in [3.63, 3.8) is 0 Å². The Kier molecular flexibility index (Phi) is 8.82. The maximum atomic E-state index is 14.5. The quantitative estimate of drug-likeness (QED) is 0.170. The molecule has 254 valence electrons. The molecule has 45 heavy (non-hydrogen) atoms. The summed E-state index contributed by atoms with van der Waals surface area (Å²) in [6, 6.07) is 0. The van der Waals surface area contributed by atoms with Crippen molar-refractivity contribution in [2.45, 2.75) is 122 Å². The Morgan fingerprint density at radius 2 is 1.42 bits per heavy atom. The van der Waals surface area contributed by atoms with Gasteiger partial charge in [0.25, 0.3) is 0 Å². The average molecular weight is 647 g/mol. The Morgan fingerprint density at radius 1 is 0.822 bits per heavy atom. The largest absolute Gasteiger partial charge is 0.477 e. The molecule has 6 saturated carbocycles. The van der Waals surface area contributed by atoms with Crippen LogP contribution in [-0.4, -0.2) is 58.1 Å². The van der Waals surface area contributed by atoms with Crippen molar-refractivity contribution in [2.24, 2.45) is 58.2 Å². The van der Waals surface area contributed by atoms with E-state index in [2.05, 4.69) is 0 Å². The van der Waals surface area contributed by atoms with E-state index in [9.17, 15) is 36.7 Å². The van der Waals surface area contributed by atoms with Gasteiger partial charge in [-0.1, -0.05) is 27.7 Å². The minimum absolute atomic E-state index is 0.0133. The zero-order valence-corrected chi connectivity index (χ0v) is 26.4. The molecule has 2 N–H and O–H groups in total. The van der Waals surface area contributed by atoms with E-state index in [1.807, 2.05) is 0 Å². The number of hydrogen-bond acceptors (Lipinski definition) is 6. The molecule has 6 bridgehead atoms. The van der Waals surface area contributed by atoms with Crippen molar-refractivity contribution in [3.05, 3.63) is 0 Å². The van der Waals surface area contributed by atoms with E-state index in [1.54, 1.807) is 13.8 Å². The summed E-state index contributed by atoms with van der Waals surface area (Å²) >= 11 is 0. The molecule has 7 atom stereocenters. The predicted octanol–water partition coefficient (Wildman–Crippen LogP) is 6.59. The van der Waals surface area contributed by atoms with Crippen LogP contribution in [0.15, 0.2) is 0 Å². The molecule has 0 amide bonds. The van der Waals surface area contributed by atoms with Crippen molar-refractivity contribution in [3.8, 4) is 0 Å². The van der Waals surface area contributed by atoms with Crippen molar-refractivity contribution >= 4 is 23.9 Å². The fourth-order valence-corrected chi connectivity index (χ4v) is 10.8. The molecule has 6 rings (SSSR count). The molecule has 0 radical (unpaired) electrons. The molecular formula is C33H46F4O8. The Balaban J connectivity index is 1.28. The average Bonchev–Trinajstić information content (AvgIpc) is 3.49. The van der Waals surface area contributed by atoms with Gasteiger partial charge in [-0.2, -0.15) is 17.6 Å². The third-order valence-electron chi connectivity index (χ3n) is 11.9. The van der Waals surface area contributed by atoms with Gasteiger partial charge in [0.2, 0.25) is 0 Å². The highest BCUT2D eigenvalue weighted by atomic mass is 19.3. The van der Waals surface area contributed by atoms with Gasteiger partial charge in [0.05, 0.1) is 12.3 Å². The number of carbonyl (C=O) groups is 4. The number of fused-ring (bicyclic) bond motifs is 3. The maximum absolute atomic E-state index is 14.5. The number of rotatable bonds is 13. The first-order valence-corrected chi connectivity index (χ1v) is 16.4. The van der Waals surface area contributed by atoms with E-state index >= 15 is 0 Å². The molecule has 0 aromatic rings. The summed E-state index contributed by atoms with van der Waals surface area (Å²) in [6.45, 7) is 6.12. The summed E-state index contributed by atoms with van der Waals surface area (Å²) in [4.78, 5) is 48.9. The monoisotopic (exact) mass is 646 g/mol. The smallest absolute Gasteiger partial charge is 0.378 e. The van der Waals surface area contributed by atoms with Gasteiger partial charge in [-0.25, -0.2) is 9.59 Å². The number of carboxylic acids is 2. The van der Waals surface area contributed by atoms with Gasteiger partial charge in [-0.3, -0.25) is 9.59 Å². The van der Waals surface area contributed by atoms with Crippen LogP contribution in [-0.2, 0) is 28.7 Å². The molecule has 0 heterocycles. The van der Waals surface area contributed by atoms with E-state index in [0.717, 1.165) is 51.4 Å². The van der Waals surface area contributed by atoms with Gasteiger partial charge in [-0.05, 0) is 116 Å². The Bertz CT molecular complexity index is 1190. The van der Waals surface area contributed by atoms with Crippen molar-refractivity contribution in [2.75, 3.05) is 0 Å². The molecule has 8 nitrogen and oxygen atoms in total. The van der Waals surface area contributed by atoms with Crippen LogP contribution in [0.4, 0.5) is 17.6 Å². The van der Waals surface area contributed by atoms with Gasteiger partial charge in [0.15, 0.2) is 12.2 Å². The third kappa shape index (κ3) is 6.08. The number of halogens is 4. The molecule has 6 fully saturated rings. The highest BCUT2D eigenvalue weighted by Gasteiger charge is 2.66. The number of carboxylic acid groups (broad SMARTS) is 2. The molecule has 0 spiro atoms. The van der Waals surface area contributed by atoms with E-state index in [4.69, 9.17) is 19.7 Å². The molecule has 0 aromatic carbocycles. The summed E-state index contributed by atoms with van der Waals surface area (Å²) in [5.41, 5.74) is -0.560. The zero-order valence-electron chi connectivity index (χ0n) is 26.4. The number of hydrogen-bond donors (Lipinski definition) is 2. The minimum atomic E-state index is -4.20. The summed E-state index contributed by atoms with van der Waals surface area (Å²) in [6.07, 6.45) is 2.79. The zero-order chi connectivity index (χ0) is 33.3. The molecule has 0 saturated heterocycles. The first-order valence-electron chi connectivity index (χ1n) is 16.4. The van der Waals surface area contributed by atoms with Crippen LogP contribution in [0.2, 0.25) is 0 Å². The van der Waals surface area contributed by atoms with E-state index < -0.39 is 65.2 Å². The van der Waals surface area contributed by atoms with Crippen LogP contribution in [0, 0.1) is 58.2 Å².